The predicted octanol–water partition coefficient (Wildman–Crippen LogP) is 3.28. The van der Waals surface area contributed by atoms with Crippen LogP contribution in [0.5, 0.6) is 0 Å². The van der Waals surface area contributed by atoms with Crippen LogP contribution in [0.4, 0.5) is 0 Å². The molecule has 1 saturated heterocycles. The van der Waals surface area contributed by atoms with Gasteiger partial charge in [-0.1, -0.05) is 24.3 Å². The minimum absolute atomic E-state index is 0.308. The third-order valence-corrected chi connectivity index (χ3v) is 4.55. The number of hydrogen-bond acceptors (Lipinski definition) is 2. The molecule has 82 valence electrons. The van der Waals surface area contributed by atoms with Gasteiger partial charge < -0.3 is 0 Å². The van der Waals surface area contributed by atoms with Crippen LogP contribution in [0.15, 0.2) is 24.3 Å². The highest BCUT2D eigenvalue weighted by molar-refractivity contribution is 8.00. The molecule has 1 aliphatic heterocycles. The van der Waals surface area contributed by atoms with Crippen LogP contribution in [0.3, 0.4) is 0 Å². The van der Waals surface area contributed by atoms with Crippen molar-refractivity contribution in [2.24, 2.45) is 0 Å². The SMILES string of the molecule is Cc1ccccc1CN1CCSC1(C)C. The number of thioether (sulfide) groups is 1. The molecule has 15 heavy (non-hydrogen) atoms. The molecule has 1 aromatic carbocycles. The van der Waals surface area contributed by atoms with Crippen LogP contribution in [0, 0.1) is 6.92 Å². The number of rotatable bonds is 2. The van der Waals surface area contributed by atoms with Gasteiger partial charge in [-0.2, -0.15) is 0 Å². The van der Waals surface area contributed by atoms with Gasteiger partial charge in [0.15, 0.2) is 0 Å². The molecule has 1 nitrogen and oxygen atoms in total. The van der Waals surface area contributed by atoms with Gasteiger partial charge in [0, 0.05) is 18.8 Å². The largest absolute Gasteiger partial charge is 0.284 e. The summed E-state index contributed by atoms with van der Waals surface area (Å²) < 4.78 is 0. The van der Waals surface area contributed by atoms with Crippen molar-refractivity contribution in [3.8, 4) is 0 Å². The quantitative estimate of drug-likeness (QED) is 0.754. The van der Waals surface area contributed by atoms with E-state index in [0.717, 1.165) is 6.54 Å². The summed E-state index contributed by atoms with van der Waals surface area (Å²) in [6.07, 6.45) is 0. The highest BCUT2D eigenvalue weighted by Crippen LogP contribution is 2.35. The molecule has 0 saturated carbocycles. The first-order chi connectivity index (χ1) is 7.09. The Balaban J connectivity index is 2.12. The lowest BCUT2D eigenvalue weighted by atomic mass is 10.1. The Morgan fingerprint density at radius 1 is 1.33 bits per heavy atom. The summed E-state index contributed by atoms with van der Waals surface area (Å²) >= 11 is 2.06. The molecule has 0 aromatic heterocycles. The Kier molecular flexibility index (Phi) is 3.08. The molecule has 1 heterocycles. The van der Waals surface area contributed by atoms with E-state index in [2.05, 4.69) is 61.7 Å². The fourth-order valence-electron chi connectivity index (χ4n) is 2.03. The standard InChI is InChI=1S/C13H19NS/c1-11-6-4-5-7-12(11)10-14-8-9-15-13(14,2)3/h4-7H,8-10H2,1-3H3. The fraction of sp³-hybridized carbons (Fsp3) is 0.538. The van der Waals surface area contributed by atoms with Crippen LogP contribution in [0.1, 0.15) is 25.0 Å². The Labute approximate surface area is 96.9 Å². The molecule has 0 bridgehead atoms. The summed E-state index contributed by atoms with van der Waals surface area (Å²) in [7, 11) is 0. The van der Waals surface area contributed by atoms with Crippen molar-refractivity contribution in [2.75, 3.05) is 12.3 Å². The Bertz CT molecular complexity index is 346. The van der Waals surface area contributed by atoms with E-state index in [9.17, 15) is 0 Å². The third-order valence-electron chi connectivity index (χ3n) is 3.20. The average molecular weight is 221 g/mol. The van der Waals surface area contributed by atoms with Crippen molar-refractivity contribution in [3.05, 3.63) is 35.4 Å². The van der Waals surface area contributed by atoms with E-state index in [1.807, 2.05) is 0 Å². The molecule has 0 atom stereocenters. The second-order valence-corrected chi connectivity index (χ2v) is 6.34. The minimum Gasteiger partial charge on any atom is -0.284 e. The number of benzene rings is 1. The van der Waals surface area contributed by atoms with E-state index in [0.29, 0.717) is 4.87 Å². The second-order valence-electron chi connectivity index (χ2n) is 4.64. The summed E-state index contributed by atoms with van der Waals surface area (Å²) in [4.78, 5) is 2.88. The predicted molar refractivity (Wildman–Crippen MR) is 68.1 cm³/mol. The molecular weight excluding hydrogens is 202 g/mol. The molecule has 0 spiro atoms. The van der Waals surface area contributed by atoms with E-state index in [1.165, 1.54) is 23.4 Å². The van der Waals surface area contributed by atoms with Crippen molar-refractivity contribution in [1.82, 2.24) is 4.90 Å². The first-order valence-corrected chi connectivity index (χ1v) is 6.52. The zero-order valence-corrected chi connectivity index (χ0v) is 10.6. The fourth-order valence-corrected chi connectivity index (χ4v) is 3.18. The smallest absolute Gasteiger partial charge is 0.0616 e. The normalized spacial score (nSPS) is 20.7. The summed E-state index contributed by atoms with van der Waals surface area (Å²) in [5.74, 6) is 1.26. The molecule has 0 amide bonds. The molecule has 0 radical (unpaired) electrons. The van der Waals surface area contributed by atoms with Gasteiger partial charge in [-0.15, -0.1) is 11.8 Å². The Morgan fingerprint density at radius 2 is 2.07 bits per heavy atom. The van der Waals surface area contributed by atoms with E-state index >= 15 is 0 Å². The maximum Gasteiger partial charge on any atom is 0.0616 e. The summed E-state index contributed by atoms with van der Waals surface area (Å²) in [6.45, 7) is 9.15. The molecule has 0 N–H and O–H groups in total. The van der Waals surface area contributed by atoms with Crippen LogP contribution >= 0.6 is 11.8 Å². The molecule has 2 heteroatoms. The monoisotopic (exact) mass is 221 g/mol. The van der Waals surface area contributed by atoms with Crippen molar-refractivity contribution in [3.63, 3.8) is 0 Å². The van der Waals surface area contributed by atoms with Crippen molar-refractivity contribution >= 4 is 11.8 Å². The van der Waals surface area contributed by atoms with E-state index in [-0.39, 0.29) is 0 Å². The highest BCUT2D eigenvalue weighted by atomic mass is 32.2. The maximum atomic E-state index is 2.57. The minimum atomic E-state index is 0.308. The average Bonchev–Trinajstić information content (AvgIpc) is 2.50. The summed E-state index contributed by atoms with van der Waals surface area (Å²) in [5, 5.41) is 0. The van der Waals surface area contributed by atoms with Crippen LogP contribution in [0.25, 0.3) is 0 Å². The van der Waals surface area contributed by atoms with Gasteiger partial charge in [-0.05, 0) is 31.9 Å². The molecule has 1 aliphatic rings. The van der Waals surface area contributed by atoms with Gasteiger partial charge in [0.2, 0.25) is 0 Å². The van der Waals surface area contributed by atoms with Gasteiger partial charge in [0.1, 0.15) is 0 Å². The first kappa shape index (κ1) is 11.0. The molecule has 0 unspecified atom stereocenters. The van der Waals surface area contributed by atoms with Crippen molar-refractivity contribution in [1.29, 1.82) is 0 Å². The van der Waals surface area contributed by atoms with Crippen LogP contribution in [-0.4, -0.2) is 22.1 Å². The van der Waals surface area contributed by atoms with E-state index < -0.39 is 0 Å². The van der Waals surface area contributed by atoms with E-state index in [4.69, 9.17) is 0 Å². The maximum absolute atomic E-state index is 2.57. The third kappa shape index (κ3) is 2.37. The van der Waals surface area contributed by atoms with Crippen LogP contribution in [0.2, 0.25) is 0 Å². The zero-order chi connectivity index (χ0) is 10.9. The van der Waals surface area contributed by atoms with Crippen LogP contribution < -0.4 is 0 Å². The Morgan fingerprint density at radius 3 is 2.67 bits per heavy atom. The summed E-state index contributed by atoms with van der Waals surface area (Å²) in [5.41, 5.74) is 2.87. The topological polar surface area (TPSA) is 3.24 Å². The van der Waals surface area contributed by atoms with Gasteiger partial charge in [0.05, 0.1) is 4.87 Å². The van der Waals surface area contributed by atoms with E-state index in [1.54, 1.807) is 0 Å². The number of hydrogen-bond donors (Lipinski definition) is 0. The lowest BCUT2D eigenvalue weighted by molar-refractivity contribution is 0.215. The second kappa shape index (κ2) is 4.18. The van der Waals surface area contributed by atoms with Gasteiger partial charge in [-0.3, -0.25) is 4.90 Å². The van der Waals surface area contributed by atoms with Crippen LogP contribution in [-0.2, 0) is 6.54 Å². The Hall–Kier alpha value is -0.470. The molecule has 1 fully saturated rings. The highest BCUT2D eigenvalue weighted by Gasteiger charge is 2.32. The van der Waals surface area contributed by atoms with Gasteiger partial charge in [0.25, 0.3) is 0 Å². The molecule has 0 aliphatic carbocycles. The lowest BCUT2D eigenvalue weighted by Crippen LogP contribution is -2.35. The molecular formula is C13H19NS. The first-order valence-electron chi connectivity index (χ1n) is 5.53. The van der Waals surface area contributed by atoms with Crippen molar-refractivity contribution < 1.29 is 0 Å². The van der Waals surface area contributed by atoms with Crippen molar-refractivity contribution in [2.45, 2.75) is 32.2 Å². The lowest BCUT2D eigenvalue weighted by Gasteiger charge is -2.30. The van der Waals surface area contributed by atoms with Gasteiger partial charge >= 0.3 is 0 Å². The zero-order valence-electron chi connectivity index (χ0n) is 9.79. The van der Waals surface area contributed by atoms with Gasteiger partial charge in [-0.25, -0.2) is 0 Å². The molecule has 2 rings (SSSR count). The number of aryl methyl sites for hydroxylation is 1. The molecule has 1 aromatic rings. The number of nitrogens with zero attached hydrogens (tertiary/aromatic N) is 1. The summed E-state index contributed by atoms with van der Waals surface area (Å²) in [6, 6.07) is 8.70.